The maximum atomic E-state index is 13.2. The zero-order valence-electron chi connectivity index (χ0n) is 51.6. The van der Waals surface area contributed by atoms with E-state index in [-0.39, 0.29) is 25.9 Å². The van der Waals surface area contributed by atoms with Gasteiger partial charge in [0.1, 0.15) is 18.8 Å². The number of carbonyl (C=O) groups excluding carboxylic acids is 3. The van der Waals surface area contributed by atoms with Crippen LogP contribution in [-0.4, -0.2) is 89.2 Å². The van der Waals surface area contributed by atoms with Crippen LogP contribution in [0.5, 0.6) is 0 Å². The van der Waals surface area contributed by atoms with Crippen LogP contribution in [-0.2, 0) is 42.9 Å². The van der Waals surface area contributed by atoms with Crippen LogP contribution in [0, 0.1) is 0 Å². The number of carboxylic acid groups (broad SMARTS) is 1. The SMILES string of the molecule is CC/C=C\C/C=C\C/C=C\C/C=C\C/C=C\CCCC(=O)OC1C(OCC(COC(=O)CCCCCCCCCCC/C=C\C/C=C\CCCCC)OC(=O)CCCCCC/C=C\C/C=C\C/C=C\C/C=C\CC)OC(C(=O)O)C(O)C1O. The molecule has 0 aromatic rings. The molecule has 12 nitrogen and oxygen atoms in total. The minimum Gasteiger partial charge on any atom is -0.479 e. The Morgan fingerprint density at radius 3 is 1.19 bits per heavy atom. The standard InChI is InChI=1S/C71H112O12/c1-4-7-10-13-16-19-22-25-28-31-32-35-36-39-42-45-48-51-54-57-63(72)79-60-62(81-64(73)58-55-52-49-46-43-40-37-33-29-26-23-20-17-14-11-8-5-2)61-80-71-69(67(76)66(75)68(83-71)70(77)78)82-65(74)59-56-53-50-47-44-41-38-34-30-27-24-21-18-15-12-9-6-3/h8-9,11-12,16-21,25-30,37-38,40-41,47,50,62,66-69,71,75-76H,4-7,10,13-15,22-24,31-36,39,42-46,48-49,51-61H2,1-3H3,(H,77,78)/b11-8-,12-9-,19-16-,20-17-,21-18-,28-25-,29-26-,30-27-,40-37-,41-38-,50-47-. The number of aliphatic carboxylic acids is 1. The number of hydrogen-bond acceptors (Lipinski definition) is 11. The number of carboxylic acids is 1. The van der Waals surface area contributed by atoms with Crippen LogP contribution in [0.1, 0.15) is 239 Å². The fraction of sp³-hybridized carbons (Fsp3) is 0.634. The maximum absolute atomic E-state index is 13.2. The van der Waals surface area contributed by atoms with Gasteiger partial charge in [-0.1, -0.05) is 225 Å². The molecule has 1 heterocycles. The van der Waals surface area contributed by atoms with Gasteiger partial charge in [0.05, 0.1) is 6.61 Å². The van der Waals surface area contributed by atoms with Crippen molar-refractivity contribution < 1.29 is 58.2 Å². The van der Waals surface area contributed by atoms with Gasteiger partial charge in [-0.3, -0.25) is 14.4 Å². The summed E-state index contributed by atoms with van der Waals surface area (Å²) in [5.41, 5.74) is 0. The number of allylic oxidation sites excluding steroid dienone is 22. The van der Waals surface area contributed by atoms with E-state index in [0.29, 0.717) is 25.7 Å². The fourth-order valence-electron chi connectivity index (χ4n) is 8.84. The highest BCUT2D eigenvalue weighted by molar-refractivity contribution is 5.74. The van der Waals surface area contributed by atoms with Crippen molar-refractivity contribution in [3.8, 4) is 0 Å². The molecular formula is C71H112O12. The fourth-order valence-corrected chi connectivity index (χ4v) is 8.84. The average molecular weight is 1160 g/mol. The number of unbranched alkanes of at least 4 members (excludes halogenated alkanes) is 17. The van der Waals surface area contributed by atoms with Gasteiger partial charge in [-0.2, -0.15) is 0 Å². The molecule has 0 amide bonds. The molecule has 1 aliphatic rings. The van der Waals surface area contributed by atoms with Crippen molar-refractivity contribution in [3.05, 3.63) is 134 Å². The van der Waals surface area contributed by atoms with E-state index in [4.69, 9.17) is 23.7 Å². The predicted octanol–water partition coefficient (Wildman–Crippen LogP) is 17.3. The monoisotopic (exact) mass is 1160 g/mol. The zero-order chi connectivity index (χ0) is 60.3. The van der Waals surface area contributed by atoms with Crippen molar-refractivity contribution in [1.82, 2.24) is 0 Å². The van der Waals surface area contributed by atoms with Crippen LogP contribution in [0.2, 0.25) is 0 Å². The Morgan fingerprint density at radius 1 is 0.410 bits per heavy atom. The quantitative estimate of drug-likeness (QED) is 0.0228. The van der Waals surface area contributed by atoms with E-state index >= 15 is 0 Å². The summed E-state index contributed by atoms with van der Waals surface area (Å²) in [4.78, 5) is 51.3. The molecule has 3 N–H and O–H groups in total. The molecule has 1 saturated heterocycles. The van der Waals surface area contributed by atoms with E-state index in [1.807, 2.05) is 12.2 Å². The Hall–Kier alpha value is -5.14. The Balaban J connectivity index is 2.72. The molecular weight excluding hydrogens is 1040 g/mol. The molecule has 0 radical (unpaired) electrons. The first-order chi connectivity index (χ1) is 40.6. The normalized spacial score (nSPS) is 18.5. The molecule has 1 rings (SSSR count). The minimum absolute atomic E-state index is 0.0282. The Kier molecular flexibility index (Phi) is 52.4. The lowest BCUT2D eigenvalue weighted by Crippen LogP contribution is -2.61. The van der Waals surface area contributed by atoms with Crippen molar-refractivity contribution in [1.29, 1.82) is 0 Å². The smallest absolute Gasteiger partial charge is 0.335 e. The van der Waals surface area contributed by atoms with E-state index in [9.17, 15) is 34.5 Å². The van der Waals surface area contributed by atoms with Gasteiger partial charge in [0, 0.05) is 19.3 Å². The molecule has 12 heteroatoms. The maximum Gasteiger partial charge on any atom is 0.335 e. The first kappa shape index (κ1) is 75.9. The highest BCUT2D eigenvalue weighted by Gasteiger charge is 2.50. The Morgan fingerprint density at radius 2 is 0.771 bits per heavy atom. The first-order valence-corrected chi connectivity index (χ1v) is 32.2. The molecule has 1 fully saturated rings. The van der Waals surface area contributed by atoms with E-state index in [0.717, 1.165) is 116 Å². The van der Waals surface area contributed by atoms with E-state index < -0.39 is 67.3 Å². The molecule has 0 bridgehead atoms. The van der Waals surface area contributed by atoms with Gasteiger partial charge in [-0.05, 0) is 128 Å². The van der Waals surface area contributed by atoms with Crippen LogP contribution in [0.4, 0.5) is 0 Å². The lowest BCUT2D eigenvalue weighted by molar-refractivity contribution is -0.301. The van der Waals surface area contributed by atoms with E-state index in [2.05, 4.69) is 142 Å². The van der Waals surface area contributed by atoms with Gasteiger partial charge in [-0.25, -0.2) is 4.79 Å². The van der Waals surface area contributed by atoms with Crippen molar-refractivity contribution in [2.45, 2.75) is 276 Å². The van der Waals surface area contributed by atoms with E-state index in [1.165, 1.54) is 57.8 Å². The van der Waals surface area contributed by atoms with Gasteiger partial charge < -0.3 is 39.0 Å². The molecule has 0 aromatic carbocycles. The minimum atomic E-state index is -1.93. The summed E-state index contributed by atoms with van der Waals surface area (Å²) in [6.45, 7) is 5.70. The summed E-state index contributed by atoms with van der Waals surface area (Å²) in [7, 11) is 0. The summed E-state index contributed by atoms with van der Waals surface area (Å²) >= 11 is 0. The molecule has 0 spiro atoms. The third-order valence-electron chi connectivity index (χ3n) is 13.7. The second-order valence-electron chi connectivity index (χ2n) is 21.3. The summed E-state index contributed by atoms with van der Waals surface area (Å²) in [5, 5.41) is 31.6. The Bertz CT molecular complexity index is 1950. The number of esters is 3. The number of ether oxygens (including phenoxy) is 5. The molecule has 0 aliphatic carbocycles. The van der Waals surface area contributed by atoms with Crippen molar-refractivity contribution >= 4 is 23.9 Å². The van der Waals surface area contributed by atoms with Crippen LogP contribution >= 0.6 is 0 Å². The molecule has 1 aliphatic heterocycles. The third-order valence-corrected chi connectivity index (χ3v) is 13.7. The molecule has 0 saturated carbocycles. The second-order valence-corrected chi connectivity index (χ2v) is 21.3. The van der Waals surface area contributed by atoms with E-state index in [1.54, 1.807) is 0 Å². The van der Waals surface area contributed by atoms with Crippen LogP contribution in [0.3, 0.4) is 0 Å². The van der Waals surface area contributed by atoms with Crippen LogP contribution in [0.25, 0.3) is 0 Å². The highest BCUT2D eigenvalue weighted by atomic mass is 16.7. The van der Waals surface area contributed by atoms with Gasteiger partial charge in [0.15, 0.2) is 24.6 Å². The lowest BCUT2D eigenvalue weighted by atomic mass is 9.98. The van der Waals surface area contributed by atoms with Crippen LogP contribution in [0.15, 0.2) is 134 Å². The molecule has 6 atom stereocenters. The summed E-state index contributed by atoms with van der Waals surface area (Å²) in [6, 6.07) is 0. The molecule has 468 valence electrons. The number of aliphatic hydroxyl groups is 2. The summed E-state index contributed by atoms with van der Waals surface area (Å²) in [5.74, 6) is -3.25. The van der Waals surface area contributed by atoms with Gasteiger partial charge in [-0.15, -0.1) is 0 Å². The van der Waals surface area contributed by atoms with Gasteiger partial charge in [0.25, 0.3) is 0 Å². The topological polar surface area (TPSA) is 175 Å². The first-order valence-electron chi connectivity index (χ1n) is 32.2. The summed E-state index contributed by atoms with van der Waals surface area (Å²) in [6.07, 6.45) is 68.4. The summed E-state index contributed by atoms with van der Waals surface area (Å²) < 4.78 is 28.4. The lowest BCUT2D eigenvalue weighted by Gasteiger charge is -2.40. The van der Waals surface area contributed by atoms with Crippen molar-refractivity contribution in [2.24, 2.45) is 0 Å². The molecule has 6 unspecified atom stereocenters. The Labute approximate surface area is 502 Å². The number of carbonyl (C=O) groups is 4. The predicted molar refractivity (Wildman–Crippen MR) is 340 cm³/mol. The third kappa shape index (κ3) is 46.9. The number of hydrogen-bond donors (Lipinski definition) is 3. The average Bonchev–Trinajstić information content (AvgIpc) is 3.55. The second kappa shape index (κ2) is 57.3. The molecule has 0 aromatic heterocycles. The zero-order valence-corrected chi connectivity index (χ0v) is 51.6. The largest absolute Gasteiger partial charge is 0.479 e. The van der Waals surface area contributed by atoms with Crippen LogP contribution < -0.4 is 0 Å². The number of aliphatic hydroxyl groups excluding tert-OH is 2. The van der Waals surface area contributed by atoms with Gasteiger partial charge in [0.2, 0.25) is 0 Å². The number of rotatable bonds is 53. The molecule has 83 heavy (non-hydrogen) atoms. The van der Waals surface area contributed by atoms with Crippen molar-refractivity contribution in [3.63, 3.8) is 0 Å². The van der Waals surface area contributed by atoms with Gasteiger partial charge >= 0.3 is 23.9 Å². The highest BCUT2D eigenvalue weighted by Crippen LogP contribution is 2.26. The van der Waals surface area contributed by atoms with Crippen molar-refractivity contribution in [2.75, 3.05) is 13.2 Å².